The Kier molecular flexibility index (Phi) is 3.57. The van der Waals surface area contributed by atoms with Gasteiger partial charge in [-0.1, -0.05) is 12.1 Å². The zero-order chi connectivity index (χ0) is 13.1. The van der Waals surface area contributed by atoms with Crippen molar-refractivity contribution in [2.24, 2.45) is 5.73 Å². The van der Waals surface area contributed by atoms with Crippen LogP contribution in [0.1, 0.15) is 12.0 Å². The van der Waals surface area contributed by atoms with Crippen molar-refractivity contribution in [1.82, 2.24) is 4.90 Å². The van der Waals surface area contributed by atoms with Gasteiger partial charge in [-0.2, -0.15) is 0 Å². The summed E-state index contributed by atoms with van der Waals surface area (Å²) in [6.07, 6.45) is 1.01. The number of benzene rings is 1. The SMILES string of the molecule is NC1CCN(C(=O)Cc2cccc([N+](=O)[O-])c2)C1. The van der Waals surface area contributed by atoms with Crippen LogP contribution >= 0.6 is 0 Å². The van der Waals surface area contributed by atoms with Gasteiger partial charge in [-0.05, 0) is 12.0 Å². The van der Waals surface area contributed by atoms with E-state index >= 15 is 0 Å². The molecular formula is C12H15N3O3. The molecule has 1 unspecified atom stereocenters. The van der Waals surface area contributed by atoms with Crippen LogP contribution < -0.4 is 5.73 Å². The first-order valence-electron chi connectivity index (χ1n) is 5.83. The molecule has 2 N–H and O–H groups in total. The lowest BCUT2D eigenvalue weighted by atomic mass is 10.1. The summed E-state index contributed by atoms with van der Waals surface area (Å²) in [4.78, 5) is 23.8. The van der Waals surface area contributed by atoms with Gasteiger partial charge in [0.15, 0.2) is 0 Å². The fourth-order valence-electron chi connectivity index (χ4n) is 2.08. The van der Waals surface area contributed by atoms with Crippen molar-refractivity contribution in [1.29, 1.82) is 0 Å². The number of amides is 1. The van der Waals surface area contributed by atoms with E-state index in [0.29, 0.717) is 18.7 Å². The number of non-ortho nitro benzene ring substituents is 1. The van der Waals surface area contributed by atoms with Crippen LogP contribution in [0.15, 0.2) is 24.3 Å². The number of carbonyl (C=O) groups is 1. The minimum atomic E-state index is -0.459. The molecule has 0 spiro atoms. The Bertz CT molecular complexity index is 475. The van der Waals surface area contributed by atoms with Crippen molar-refractivity contribution in [3.63, 3.8) is 0 Å². The van der Waals surface area contributed by atoms with E-state index in [1.807, 2.05) is 0 Å². The summed E-state index contributed by atoms with van der Waals surface area (Å²) in [6, 6.07) is 6.23. The van der Waals surface area contributed by atoms with Gasteiger partial charge < -0.3 is 10.6 Å². The number of hydrogen-bond acceptors (Lipinski definition) is 4. The van der Waals surface area contributed by atoms with E-state index in [2.05, 4.69) is 0 Å². The number of carbonyl (C=O) groups excluding carboxylic acids is 1. The molecule has 1 atom stereocenters. The van der Waals surface area contributed by atoms with Crippen molar-refractivity contribution in [2.75, 3.05) is 13.1 Å². The Balaban J connectivity index is 2.03. The number of nitro benzene ring substituents is 1. The van der Waals surface area contributed by atoms with Gasteiger partial charge in [-0.25, -0.2) is 0 Å². The van der Waals surface area contributed by atoms with Gasteiger partial charge >= 0.3 is 0 Å². The molecule has 1 aliphatic heterocycles. The molecule has 1 saturated heterocycles. The highest BCUT2D eigenvalue weighted by atomic mass is 16.6. The number of nitrogens with two attached hydrogens (primary N) is 1. The van der Waals surface area contributed by atoms with Crippen molar-refractivity contribution >= 4 is 11.6 Å². The van der Waals surface area contributed by atoms with E-state index in [0.717, 1.165) is 6.42 Å². The molecule has 96 valence electrons. The van der Waals surface area contributed by atoms with Crippen molar-refractivity contribution in [2.45, 2.75) is 18.9 Å². The molecule has 1 amide bonds. The molecule has 0 bridgehead atoms. The first kappa shape index (κ1) is 12.5. The van der Waals surface area contributed by atoms with Crippen LogP contribution in [0.5, 0.6) is 0 Å². The van der Waals surface area contributed by atoms with Gasteiger partial charge in [0.1, 0.15) is 0 Å². The predicted molar refractivity (Wildman–Crippen MR) is 66.0 cm³/mol. The van der Waals surface area contributed by atoms with Gasteiger partial charge in [0.05, 0.1) is 11.3 Å². The third-order valence-corrected chi connectivity index (χ3v) is 3.05. The Morgan fingerprint density at radius 3 is 2.94 bits per heavy atom. The number of likely N-dealkylation sites (tertiary alicyclic amines) is 1. The lowest BCUT2D eigenvalue weighted by molar-refractivity contribution is -0.384. The fourth-order valence-corrected chi connectivity index (χ4v) is 2.08. The summed E-state index contributed by atoms with van der Waals surface area (Å²) in [5.74, 6) is -0.0246. The lowest BCUT2D eigenvalue weighted by Gasteiger charge is -2.15. The standard InChI is InChI=1S/C12H15N3O3/c13-10-4-5-14(8-10)12(16)7-9-2-1-3-11(6-9)15(17)18/h1-3,6,10H,4-5,7-8,13H2. The molecule has 18 heavy (non-hydrogen) atoms. The highest BCUT2D eigenvalue weighted by Crippen LogP contribution is 2.15. The van der Waals surface area contributed by atoms with Crippen LogP contribution in [0.25, 0.3) is 0 Å². The fraction of sp³-hybridized carbons (Fsp3) is 0.417. The van der Waals surface area contributed by atoms with Crippen molar-refractivity contribution in [3.05, 3.63) is 39.9 Å². The summed E-state index contributed by atoms with van der Waals surface area (Å²) in [6.45, 7) is 1.25. The van der Waals surface area contributed by atoms with Crippen LogP contribution in [0.2, 0.25) is 0 Å². The smallest absolute Gasteiger partial charge is 0.269 e. The summed E-state index contributed by atoms with van der Waals surface area (Å²) >= 11 is 0. The summed E-state index contributed by atoms with van der Waals surface area (Å²) in [5, 5.41) is 10.6. The predicted octanol–water partition coefficient (Wildman–Crippen LogP) is 0.697. The maximum atomic E-state index is 11.9. The molecule has 6 nitrogen and oxygen atoms in total. The van der Waals surface area contributed by atoms with E-state index in [1.165, 1.54) is 12.1 Å². The van der Waals surface area contributed by atoms with Gasteiger partial charge in [-0.3, -0.25) is 14.9 Å². The molecule has 1 fully saturated rings. The zero-order valence-electron chi connectivity index (χ0n) is 9.91. The average molecular weight is 249 g/mol. The van der Waals surface area contributed by atoms with Crippen molar-refractivity contribution in [3.8, 4) is 0 Å². The third kappa shape index (κ3) is 2.84. The molecule has 0 radical (unpaired) electrons. The summed E-state index contributed by atoms with van der Waals surface area (Å²) in [5.41, 5.74) is 6.41. The topological polar surface area (TPSA) is 89.5 Å². The van der Waals surface area contributed by atoms with Gasteiger partial charge in [0, 0.05) is 31.3 Å². The number of rotatable bonds is 3. The van der Waals surface area contributed by atoms with Crippen molar-refractivity contribution < 1.29 is 9.72 Å². The lowest BCUT2D eigenvalue weighted by Crippen LogP contribution is -2.32. The minimum absolute atomic E-state index is 0.0124. The van der Waals surface area contributed by atoms with Gasteiger partial charge in [0.25, 0.3) is 5.69 Å². The second-order valence-electron chi connectivity index (χ2n) is 4.49. The molecule has 2 rings (SSSR count). The second kappa shape index (κ2) is 5.14. The highest BCUT2D eigenvalue weighted by molar-refractivity contribution is 5.79. The molecule has 6 heteroatoms. The molecule has 0 aliphatic carbocycles. The van der Waals surface area contributed by atoms with E-state index < -0.39 is 4.92 Å². The van der Waals surface area contributed by atoms with E-state index in [1.54, 1.807) is 17.0 Å². The Labute approximate surface area is 105 Å². The molecule has 1 aromatic carbocycles. The summed E-state index contributed by atoms with van der Waals surface area (Å²) in [7, 11) is 0. The number of nitrogens with zero attached hydrogens (tertiary/aromatic N) is 2. The van der Waals surface area contributed by atoms with Crippen LogP contribution in [-0.4, -0.2) is 34.9 Å². The second-order valence-corrected chi connectivity index (χ2v) is 4.49. The van der Waals surface area contributed by atoms with Crippen LogP contribution in [0, 0.1) is 10.1 Å². The molecule has 1 heterocycles. The maximum Gasteiger partial charge on any atom is 0.269 e. The molecule has 1 aliphatic rings. The Morgan fingerprint density at radius 1 is 1.56 bits per heavy atom. The monoisotopic (exact) mass is 249 g/mol. The molecular weight excluding hydrogens is 234 g/mol. The molecule has 0 saturated carbocycles. The quantitative estimate of drug-likeness (QED) is 0.630. The van der Waals surface area contributed by atoms with Gasteiger partial charge in [0.2, 0.25) is 5.91 Å². The maximum absolute atomic E-state index is 11.9. The van der Waals surface area contributed by atoms with E-state index in [9.17, 15) is 14.9 Å². The average Bonchev–Trinajstić information content (AvgIpc) is 2.76. The molecule has 1 aromatic rings. The minimum Gasteiger partial charge on any atom is -0.341 e. The Hall–Kier alpha value is -1.95. The number of hydrogen-bond donors (Lipinski definition) is 1. The Morgan fingerprint density at radius 2 is 2.33 bits per heavy atom. The van der Waals surface area contributed by atoms with E-state index in [-0.39, 0.29) is 24.1 Å². The van der Waals surface area contributed by atoms with Crippen LogP contribution in [0.4, 0.5) is 5.69 Å². The van der Waals surface area contributed by atoms with Crippen LogP contribution in [-0.2, 0) is 11.2 Å². The normalized spacial score (nSPS) is 18.9. The summed E-state index contributed by atoms with van der Waals surface area (Å²) < 4.78 is 0. The van der Waals surface area contributed by atoms with Gasteiger partial charge in [-0.15, -0.1) is 0 Å². The highest BCUT2D eigenvalue weighted by Gasteiger charge is 2.23. The first-order valence-corrected chi connectivity index (χ1v) is 5.83. The third-order valence-electron chi connectivity index (χ3n) is 3.05. The molecule has 0 aromatic heterocycles. The zero-order valence-corrected chi connectivity index (χ0v) is 9.91. The largest absolute Gasteiger partial charge is 0.341 e. The van der Waals surface area contributed by atoms with Crippen LogP contribution in [0.3, 0.4) is 0 Å². The first-order chi connectivity index (χ1) is 8.56. The number of nitro groups is 1. The van der Waals surface area contributed by atoms with E-state index in [4.69, 9.17) is 5.73 Å².